The molecule has 0 aromatic heterocycles. The number of carbonyl (C=O) groups is 3. The molecule has 2 rings (SSSR count). The van der Waals surface area contributed by atoms with E-state index in [1.165, 1.54) is 6.07 Å². The van der Waals surface area contributed by atoms with E-state index in [-0.39, 0.29) is 30.2 Å². The lowest BCUT2D eigenvalue weighted by Crippen LogP contribution is -2.28. The molecule has 1 fully saturated rings. The Kier molecular flexibility index (Phi) is 2.67. The molecule has 1 heterocycles. The third-order valence-corrected chi connectivity index (χ3v) is 2.76. The molecule has 1 aliphatic rings. The summed E-state index contributed by atoms with van der Waals surface area (Å²) < 4.78 is 0. The molecular weight excluding hydrogens is 222 g/mol. The van der Waals surface area contributed by atoms with Gasteiger partial charge in [0.2, 0.25) is 11.8 Å². The number of benzene rings is 1. The molecule has 1 aromatic carbocycles. The molecule has 1 aromatic rings. The predicted molar refractivity (Wildman–Crippen MR) is 59.9 cm³/mol. The van der Waals surface area contributed by atoms with Crippen LogP contribution in [0.4, 0.5) is 5.69 Å². The number of carboxylic acid groups (broad SMARTS) is 1. The largest absolute Gasteiger partial charge is 0.478 e. The van der Waals surface area contributed by atoms with Crippen molar-refractivity contribution in [3.8, 4) is 0 Å². The maximum atomic E-state index is 11.5. The number of imide groups is 1. The van der Waals surface area contributed by atoms with Gasteiger partial charge in [-0.3, -0.25) is 14.5 Å². The standard InChI is InChI=1S/C12H11NO4/c1-7-2-3-8(6-9(7)12(16)17)13-10(14)4-5-11(13)15/h2-3,6H,4-5H2,1H3,(H,16,17). The molecule has 0 atom stereocenters. The highest BCUT2D eigenvalue weighted by molar-refractivity contribution is 6.20. The fourth-order valence-corrected chi connectivity index (χ4v) is 1.84. The second-order valence-electron chi connectivity index (χ2n) is 3.93. The van der Waals surface area contributed by atoms with Gasteiger partial charge in [0.25, 0.3) is 0 Å². The SMILES string of the molecule is Cc1ccc(N2C(=O)CCC2=O)cc1C(=O)O. The summed E-state index contributed by atoms with van der Waals surface area (Å²) in [5, 5.41) is 8.98. The number of hydrogen-bond donors (Lipinski definition) is 1. The predicted octanol–water partition coefficient (Wildman–Crippen LogP) is 1.35. The summed E-state index contributed by atoms with van der Waals surface area (Å²) in [4.78, 5) is 35.0. The molecule has 0 aliphatic carbocycles. The van der Waals surface area contributed by atoms with Crippen LogP contribution in [0.3, 0.4) is 0 Å². The van der Waals surface area contributed by atoms with Crippen LogP contribution in [0.15, 0.2) is 18.2 Å². The fraction of sp³-hybridized carbons (Fsp3) is 0.250. The van der Waals surface area contributed by atoms with Crippen molar-refractivity contribution in [1.82, 2.24) is 0 Å². The van der Waals surface area contributed by atoms with Crippen LogP contribution >= 0.6 is 0 Å². The summed E-state index contributed by atoms with van der Waals surface area (Å²) in [6, 6.07) is 4.54. The number of carbonyl (C=O) groups excluding carboxylic acids is 2. The van der Waals surface area contributed by atoms with Crippen molar-refractivity contribution in [3.63, 3.8) is 0 Å². The van der Waals surface area contributed by atoms with Crippen LogP contribution in [0.25, 0.3) is 0 Å². The van der Waals surface area contributed by atoms with Gasteiger partial charge in [0.1, 0.15) is 0 Å². The van der Waals surface area contributed by atoms with Crippen molar-refractivity contribution in [3.05, 3.63) is 29.3 Å². The number of hydrogen-bond acceptors (Lipinski definition) is 3. The van der Waals surface area contributed by atoms with Gasteiger partial charge in [-0.25, -0.2) is 4.79 Å². The summed E-state index contributed by atoms with van der Waals surface area (Å²) >= 11 is 0. The number of carboxylic acids is 1. The van der Waals surface area contributed by atoms with E-state index in [1.54, 1.807) is 19.1 Å². The number of aryl methyl sites for hydroxylation is 1. The second kappa shape index (κ2) is 4.01. The highest BCUT2D eigenvalue weighted by Crippen LogP contribution is 2.24. The topological polar surface area (TPSA) is 74.7 Å². The summed E-state index contributed by atoms with van der Waals surface area (Å²) in [6.45, 7) is 1.67. The Morgan fingerprint density at radius 3 is 2.35 bits per heavy atom. The number of amides is 2. The van der Waals surface area contributed by atoms with E-state index in [9.17, 15) is 14.4 Å². The lowest BCUT2D eigenvalue weighted by Gasteiger charge is -2.15. The summed E-state index contributed by atoms with van der Waals surface area (Å²) in [6.07, 6.45) is 0.379. The van der Waals surface area contributed by atoms with E-state index in [2.05, 4.69) is 0 Å². The van der Waals surface area contributed by atoms with Crippen LogP contribution in [-0.4, -0.2) is 22.9 Å². The van der Waals surface area contributed by atoms with Gasteiger partial charge in [-0.2, -0.15) is 0 Å². The van der Waals surface area contributed by atoms with E-state index in [4.69, 9.17) is 5.11 Å². The Bertz CT molecular complexity index is 505. The van der Waals surface area contributed by atoms with Gasteiger partial charge in [-0.1, -0.05) is 6.07 Å². The average molecular weight is 233 g/mol. The van der Waals surface area contributed by atoms with Crippen LogP contribution in [0.1, 0.15) is 28.8 Å². The molecule has 0 saturated carbocycles. The summed E-state index contributed by atoms with van der Waals surface area (Å²) in [5.41, 5.74) is 1.04. The highest BCUT2D eigenvalue weighted by Gasteiger charge is 2.30. The third kappa shape index (κ3) is 1.91. The molecule has 1 aliphatic heterocycles. The molecule has 0 radical (unpaired) electrons. The molecule has 0 bridgehead atoms. The Morgan fingerprint density at radius 1 is 1.24 bits per heavy atom. The van der Waals surface area contributed by atoms with E-state index in [0.29, 0.717) is 11.3 Å². The Hall–Kier alpha value is -2.17. The van der Waals surface area contributed by atoms with E-state index in [1.807, 2.05) is 0 Å². The van der Waals surface area contributed by atoms with Gasteiger partial charge in [0.15, 0.2) is 0 Å². The van der Waals surface area contributed by atoms with Gasteiger partial charge >= 0.3 is 5.97 Å². The van der Waals surface area contributed by atoms with Crippen LogP contribution < -0.4 is 4.90 Å². The van der Waals surface area contributed by atoms with E-state index < -0.39 is 5.97 Å². The van der Waals surface area contributed by atoms with Crippen molar-refractivity contribution in [2.45, 2.75) is 19.8 Å². The average Bonchev–Trinajstić information content (AvgIpc) is 2.59. The summed E-state index contributed by atoms with van der Waals surface area (Å²) in [7, 11) is 0. The lowest BCUT2D eigenvalue weighted by atomic mass is 10.1. The summed E-state index contributed by atoms with van der Waals surface area (Å²) in [5.74, 6) is -1.63. The molecular formula is C12H11NO4. The molecule has 1 saturated heterocycles. The maximum absolute atomic E-state index is 11.5. The zero-order valence-electron chi connectivity index (χ0n) is 9.27. The smallest absolute Gasteiger partial charge is 0.336 e. The first-order valence-corrected chi connectivity index (χ1v) is 5.20. The zero-order valence-corrected chi connectivity index (χ0v) is 9.27. The van der Waals surface area contributed by atoms with E-state index >= 15 is 0 Å². The molecule has 0 spiro atoms. The van der Waals surface area contributed by atoms with Crippen molar-refractivity contribution in [1.29, 1.82) is 0 Å². The van der Waals surface area contributed by atoms with Gasteiger partial charge in [-0.05, 0) is 24.6 Å². The Labute approximate surface area is 97.7 Å². The first kappa shape index (κ1) is 11.3. The Morgan fingerprint density at radius 2 is 1.82 bits per heavy atom. The van der Waals surface area contributed by atoms with Crippen LogP contribution in [0.5, 0.6) is 0 Å². The lowest BCUT2D eigenvalue weighted by molar-refractivity contribution is -0.121. The number of anilines is 1. The fourth-order valence-electron chi connectivity index (χ4n) is 1.84. The van der Waals surface area contributed by atoms with Crippen molar-refractivity contribution < 1.29 is 19.5 Å². The van der Waals surface area contributed by atoms with Gasteiger partial charge in [0.05, 0.1) is 11.3 Å². The minimum atomic E-state index is -1.07. The van der Waals surface area contributed by atoms with Crippen molar-refractivity contribution in [2.75, 3.05) is 4.90 Å². The minimum absolute atomic E-state index is 0.106. The first-order valence-electron chi connectivity index (χ1n) is 5.20. The molecule has 2 amide bonds. The third-order valence-electron chi connectivity index (χ3n) is 2.76. The molecule has 1 N–H and O–H groups in total. The minimum Gasteiger partial charge on any atom is -0.478 e. The van der Waals surface area contributed by atoms with Gasteiger partial charge < -0.3 is 5.11 Å². The number of rotatable bonds is 2. The molecule has 5 heteroatoms. The van der Waals surface area contributed by atoms with Crippen LogP contribution in [0, 0.1) is 6.92 Å². The number of aromatic carboxylic acids is 1. The zero-order chi connectivity index (χ0) is 12.6. The van der Waals surface area contributed by atoms with Crippen LogP contribution in [0.2, 0.25) is 0 Å². The highest BCUT2D eigenvalue weighted by atomic mass is 16.4. The van der Waals surface area contributed by atoms with Gasteiger partial charge in [0, 0.05) is 12.8 Å². The van der Waals surface area contributed by atoms with Crippen molar-refractivity contribution >= 4 is 23.5 Å². The molecule has 5 nitrogen and oxygen atoms in total. The number of nitrogens with zero attached hydrogens (tertiary/aromatic N) is 1. The first-order chi connectivity index (χ1) is 8.00. The van der Waals surface area contributed by atoms with Crippen LogP contribution in [-0.2, 0) is 9.59 Å². The Balaban J connectivity index is 2.46. The monoisotopic (exact) mass is 233 g/mol. The van der Waals surface area contributed by atoms with E-state index in [0.717, 1.165) is 4.90 Å². The maximum Gasteiger partial charge on any atom is 0.336 e. The second-order valence-corrected chi connectivity index (χ2v) is 3.93. The molecule has 0 unspecified atom stereocenters. The molecule has 88 valence electrons. The van der Waals surface area contributed by atoms with Gasteiger partial charge in [-0.15, -0.1) is 0 Å². The molecule has 17 heavy (non-hydrogen) atoms. The normalized spacial score (nSPS) is 15.5. The quantitative estimate of drug-likeness (QED) is 0.782. The van der Waals surface area contributed by atoms with Crippen molar-refractivity contribution in [2.24, 2.45) is 0 Å².